The Labute approximate surface area is 113 Å². The maximum absolute atomic E-state index is 9.09. The van der Waals surface area contributed by atoms with Crippen LogP contribution in [0.4, 0.5) is 5.82 Å². The lowest BCUT2D eigenvalue weighted by atomic mass is 10.1. The Hall–Kier alpha value is -1.64. The highest BCUT2D eigenvalue weighted by atomic mass is 16.5. The Bertz CT molecular complexity index is 445. The van der Waals surface area contributed by atoms with E-state index in [1.807, 2.05) is 6.07 Å². The van der Waals surface area contributed by atoms with Crippen molar-refractivity contribution in [1.29, 1.82) is 5.26 Å². The van der Waals surface area contributed by atoms with Crippen molar-refractivity contribution >= 4 is 5.82 Å². The molecule has 0 saturated carbocycles. The van der Waals surface area contributed by atoms with Crippen LogP contribution in [-0.4, -0.2) is 45.0 Å². The minimum Gasteiger partial charge on any atom is -0.382 e. The van der Waals surface area contributed by atoms with Crippen molar-refractivity contribution in [3.05, 3.63) is 23.9 Å². The summed E-state index contributed by atoms with van der Waals surface area (Å²) >= 11 is 0. The Kier molecular flexibility index (Phi) is 5.13. The molecule has 5 heteroatoms. The van der Waals surface area contributed by atoms with Crippen LogP contribution in [0.5, 0.6) is 0 Å². The summed E-state index contributed by atoms with van der Waals surface area (Å²) in [6.07, 6.45) is 2.81. The molecule has 1 fully saturated rings. The second kappa shape index (κ2) is 7.07. The molecule has 0 aromatic carbocycles. The predicted molar refractivity (Wildman–Crippen MR) is 72.0 cm³/mol. The van der Waals surface area contributed by atoms with E-state index < -0.39 is 0 Å². The van der Waals surface area contributed by atoms with Gasteiger partial charge in [-0.05, 0) is 18.6 Å². The Balaban J connectivity index is 1.86. The number of methoxy groups -OCH3 is 1. The Morgan fingerprint density at radius 1 is 1.53 bits per heavy atom. The molecule has 0 amide bonds. The monoisotopic (exact) mass is 261 g/mol. The number of pyridine rings is 1. The smallest absolute Gasteiger partial charge is 0.146 e. The highest BCUT2D eigenvalue weighted by molar-refractivity contribution is 5.54. The van der Waals surface area contributed by atoms with Crippen LogP contribution >= 0.6 is 0 Å². The maximum Gasteiger partial charge on any atom is 0.146 e. The van der Waals surface area contributed by atoms with Gasteiger partial charge in [-0.2, -0.15) is 5.26 Å². The molecule has 1 aliphatic rings. The molecular weight excluding hydrogens is 242 g/mol. The van der Waals surface area contributed by atoms with E-state index in [1.165, 1.54) is 0 Å². The number of anilines is 1. The largest absolute Gasteiger partial charge is 0.382 e. The van der Waals surface area contributed by atoms with Gasteiger partial charge in [0, 0.05) is 32.3 Å². The molecule has 0 radical (unpaired) electrons. The third-order valence-corrected chi connectivity index (χ3v) is 3.28. The number of nitriles is 1. The summed E-state index contributed by atoms with van der Waals surface area (Å²) in [4.78, 5) is 6.49. The van der Waals surface area contributed by atoms with E-state index in [9.17, 15) is 0 Å². The van der Waals surface area contributed by atoms with Gasteiger partial charge in [0.1, 0.15) is 11.9 Å². The summed E-state index contributed by atoms with van der Waals surface area (Å²) in [7, 11) is 1.67. The molecule has 5 nitrogen and oxygen atoms in total. The van der Waals surface area contributed by atoms with Crippen molar-refractivity contribution in [2.24, 2.45) is 5.92 Å². The average molecular weight is 261 g/mol. The molecule has 1 aromatic rings. The molecule has 102 valence electrons. The van der Waals surface area contributed by atoms with Gasteiger partial charge in [-0.25, -0.2) is 4.98 Å². The Morgan fingerprint density at radius 3 is 3.21 bits per heavy atom. The normalized spacial score (nSPS) is 18.5. The number of hydrogen-bond donors (Lipinski definition) is 0. The summed E-state index contributed by atoms with van der Waals surface area (Å²) in [5.74, 6) is 1.30. The molecular formula is C14H19N3O2. The van der Waals surface area contributed by atoms with Gasteiger partial charge >= 0.3 is 0 Å². The van der Waals surface area contributed by atoms with Gasteiger partial charge in [-0.15, -0.1) is 0 Å². The van der Waals surface area contributed by atoms with Crippen LogP contribution in [0.25, 0.3) is 0 Å². The molecule has 1 saturated heterocycles. The number of ether oxygens (including phenoxy) is 2. The standard InChI is InChI=1S/C14H19N3O2/c1-18-7-8-19-11-12-4-6-17(10-12)14-13(9-15)3-2-5-16-14/h2-3,5,12H,4,6-8,10-11H2,1H3. The van der Waals surface area contributed by atoms with Crippen molar-refractivity contribution < 1.29 is 9.47 Å². The summed E-state index contributed by atoms with van der Waals surface area (Å²) in [6.45, 7) is 3.85. The zero-order valence-electron chi connectivity index (χ0n) is 11.2. The van der Waals surface area contributed by atoms with Crippen LogP contribution in [-0.2, 0) is 9.47 Å². The van der Waals surface area contributed by atoms with Crippen LogP contribution in [0.1, 0.15) is 12.0 Å². The van der Waals surface area contributed by atoms with Gasteiger partial charge in [0.15, 0.2) is 0 Å². The minimum atomic E-state index is 0.505. The summed E-state index contributed by atoms with van der Waals surface area (Å²) in [5, 5.41) is 9.09. The van der Waals surface area contributed by atoms with Gasteiger partial charge < -0.3 is 14.4 Å². The van der Waals surface area contributed by atoms with E-state index in [1.54, 1.807) is 19.4 Å². The highest BCUT2D eigenvalue weighted by Gasteiger charge is 2.25. The number of rotatable bonds is 6. The zero-order chi connectivity index (χ0) is 13.5. The first-order chi connectivity index (χ1) is 9.35. The van der Waals surface area contributed by atoms with Crippen LogP contribution in [0.3, 0.4) is 0 Å². The zero-order valence-corrected chi connectivity index (χ0v) is 11.2. The molecule has 0 N–H and O–H groups in total. The maximum atomic E-state index is 9.09. The highest BCUT2D eigenvalue weighted by Crippen LogP contribution is 2.24. The summed E-state index contributed by atoms with van der Waals surface area (Å²) in [6, 6.07) is 5.80. The third kappa shape index (κ3) is 3.66. The molecule has 19 heavy (non-hydrogen) atoms. The van der Waals surface area contributed by atoms with Crippen molar-refractivity contribution in [2.75, 3.05) is 44.9 Å². The lowest BCUT2D eigenvalue weighted by Crippen LogP contribution is -2.23. The van der Waals surface area contributed by atoms with Crippen molar-refractivity contribution in [2.45, 2.75) is 6.42 Å². The van der Waals surface area contributed by atoms with Gasteiger partial charge in [-0.1, -0.05) is 0 Å². The molecule has 1 aromatic heterocycles. The fraction of sp³-hybridized carbons (Fsp3) is 0.571. The lowest BCUT2D eigenvalue weighted by molar-refractivity contribution is 0.0549. The number of nitrogens with zero attached hydrogens (tertiary/aromatic N) is 3. The van der Waals surface area contributed by atoms with Gasteiger partial charge in [0.05, 0.1) is 25.4 Å². The summed E-state index contributed by atoms with van der Waals surface area (Å²) < 4.78 is 10.5. The van der Waals surface area contributed by atoms with Crippen LogP contribution < -0.4 is 4.90 Å². The van der Waals surface area contributed by atoms with Crippen molar-refractivity contribution in [3.8, 4) is 6.07 Å². The molecule has 2 rings (SSSR count). The van der Waals surface area contributed by atoms with Crippen LogP contribution in [0.15, 0.2) is 18.3 Å². The van der Waals surface area contributed by atoms with Gasteiger partial charge in [-0.3, -0.25) is 0 Å². The quantitative estimate of drug-likeness (QED) is 0.725. The first-order valence-electron chi connectivity index (χ1n) is 6.52. The van der Waals surface area contributed by atoms with E-state index in [0.717, 1.165) is 31.9 Å². The molecule has 0 bridgehead atoms. The lowest BCUT2D eigenvalue weighted by Gasteiger charge is -2.18. The van der Waals surface area contributed by atoms with Gasteiger partial charge in [0.2, 0.25) is 0 Å². The van der Waals surface area contributed by atoms with Crippen LogP contribution in [0.2, 0.25) is 0 Å². The first-order valence-corrected chi connectivity index (χ1v) is 6.52. The van der Waals surface area contributed by atoms with Crippen LogP contribution in [0, 0.1) is 17.2 Å². The predicted octanol–water partition coefficient (Wildman–Crippen LogP) is 1.44. The second-order valence-corrected chi connectivity index (χ2v) is 4.65. The topological polar surface area (TPSA) is 58.4 Å². The minimum absolute atomic E-state index is 0.505. The average Bonchev–Trinajstić information content (AvgIpc) is 2.92. The molecule has 0 aliphatic carbocycles. The molecule has 2 heterocycles. The molecule has 0 spiro atoms. The van der Waals surface area contributed by atoms with Crippen molar-refractivity contribution in [3.63, 3.8) is 0 Å². The number of aromatic nitrogens is 1. The fourth-order valence-electron chi connectivity index (χ4n) is 2.29. The van der Waals surface area contributed by atoms with Crippen molar-refractivity contribution in [1.82, 2.24) is 4.98 Å². The molecule has 1 aliphatic heterocycles. The molecule has 1 unspecified atom stereocenters. The fourth-order valence-corrected chi connectivity index (χ4v) is 2.29. The van der Waals surface area contributed by atoms with E-state index >= 15 is 0 Å². The Morgan fingerprint density at radius 2 is 2.42 bits per heavy atom. The van der Waals surface area contributed by atoms with E-state index in [-0.39, 0.29) is 0 Å². The van der Waals surface area contributed by atoms with E-state index in [2.05, 4.69) is 16.0 Å². The molecule has 1 atom stereocenters. The van der Waals surface area contributed by atoms with E-state index in [0.29, 0.717) is 24.7 Å². The third-order valence-electron chi connectivity index (χ3n) is 3.28. The van der Waals surface area contributed by atoms with Gasteiger partial charge in [0.25, 0.3) is 0 Å². The first kappa shape index (κ1) is 13.8. The SMILES string of the molecule is COCCOCC1CCN(c2ncccc2C#N)C1. The number of hydrogen-bond acceptors (Lipinski definition) is 5. The second-order valence-electron chi connectivity index (χ2n) is 4.65. The van der Waals surface area contributed by atoms with E-state index in [4.69, 9.17) is 14.7 Å². The summed E-state index contributed by atoms with van der Waals surface area (Å²) in [5.41, 5.74) is 0.642.